The molecule has 2 aromatic rings. The fraction of sp³-hybridized carbons (Fsp3) is 0.294. The van der Waals surface area contributed by atoms with Crippen molar-refractivity contribution in [1.29, 1.82) is 0 Å². The van der Waals surface area contributed by atoms with Crippen LogP contribution >= 0.6 is 11.6 Å². The molecule has 0 saturated carbocycles. The molecular weight excluding hydrogens is 286 g/mol. The number of nitrogens with one attached hydrogen (secondary N) is 1. The third-order valence-electron chi connectivity index (χ3n) is 3.13. The van der Waals surface area contributed by atoms with E-state index >= 15 is 0 Å². The van der Waals surface area contributed by atoms with Crippen LogP contribution in [0.1, 0.15) is 18.1 Å². The molecule has 3 nitrogen and oxygen atoms in total. The third-order valence-corrected chi connectivity index (χ3v) is 3.42. The summed E-state index contributed by atoms with van der Waals surface area (Å²) < 4.78 is 10.9. The Kier molecular flexibility index (Phi) is 5.90. The highest BCUT2D eigenvalue weighted by Crippen LogP contribution is 2.26. The summed E-state index contributed by atoms with van der Waals surface area (Å²) in [6, 6.07) is 13.7. The Balaban J connectivity index is 1.95. The molecule has 1 N–H and O–H groups in total. The summed E-state index contributed by atoms with van der Waals surface area (Å²) in [6.07, 6.45) is 0. The van der Waals surface area contributed by atoms with E-state index in [1.165, 1.54) is 0 Å². The lowest BCUT2D eigenvalue weighted by Gasteiger charge is -2.10. The zero-order chi connectivity index (χ0) is 15.1. The molecule has 0 aliphatic heterocycles. The van der Waals surface area contributed by atoms with Crippen LogP contribution < -0.4 is 14.8 Å². The van der Waals surface area contributed by atoms with Gasteiger partial charge >= 0.3 is 0 Å². The van der Waals surface area contributed by atoms with E-state index in [1.807, 2.05) is 42.5 Å². The van der Waals surface area contributed by atoms with E-state index in [9.17, 15) is 0 Å². The number of ether oxygens (including phenoxy) is 2. The summed E-state index contributed by atoms with van der Waals surface area (Å²) in [5.41, 5.74) is 2.22. The van der Waals surface area contributed by atoms with Gasteiger partial charge in [0.15, 0.2) is 0 Å². The highest BCUT2D eigenvalue weighted by atomic mass is 35.5. The predicted octanol–water partition coefficient (Wildman–Crippen LogP) is 4.04. The molecule has 0 saturated heterocycles. The molecule has 0 unspecified atom stereocenters. The largest absolute Gasteiger partial charge is 0.497 e. The van der Waals surface area contributed by atoms with Gasteiger partial charge in [-0.15, -0.1) is 0 Å². The van der Waals surface area contributed by atoms with Gasteiger partial charge in [0.05, 0.1) is 12.1 Å². The van der Waals surface area contributed by atoms with Gasteiger partial charge in [0, 0.05) is 6.54 Å². The van der Waals surface area contributed by atoms with Gasteiger partial charge in [-0.25, -0.2) is 0 Å². The average Bonchev–Trinajstić information content (AvgIpc) is 2.52. The molecule has 0 heterocycles. The summed E-state index contributed by atoms with van der Waals surface area (Å²) in [4.78, 5) is 0. The molecule has 0 aliphatic rings. The second kappa shape index (κ2) is 7.91. The van der Waals surface area contributed by atoms with E-state index in [0.717, 1.165) is 30.0 Å². The van der Waals surface area contributed by atoms with Crippen molar-refractivity contribution in [3.63, 3.8) is 0 Å². The number of hydrogen-bond donors (Lipinski definition) is 1. The van der Waals surface area contributed by atoms with Crippen LogP contribution in [-0.4, -0.2) is 13.7 Å². The highest BCUT2D eigenvalue weighted by Gasteiger charge is 2.04. The van der Waals surface area contributed by atoms with E-state index in [2.05, 4.69) is 12.2 Å². The Hall–Kier alpha value is -1.71. The van der Waals surface area contributed by atoms with Gasteiger partial charge in [0.1, 0.15) is 18.1 Å². The van der Waals surface area contributed by atoms with Crippen molar-refractivity contribution in [2.45, 2.75) is 20.1 Å². The zero-order valence-electron chi connectivity index (χ0n) is 12.4. The smallest absolute Gasteiger partial charge is 0.138 e. The van der Waals surface area contributed by atoms with Crippen LogP contribution in [0.2, 0.25) is 5.02 Å². The summed E-state index contributed by atoms with van der Waals surface area (Å²) in [5.74, 6) is 1.54. The number of benzene rings is 2. The van der Waals surface area contributed by atoms with Gasteiger partial charge < -0.3 is 14.8 Å². The van der Waals surface area contributed by atoms with Crippen molar-refractivity contribution in [1.82, 2.24) is 5.32 Å². The fourth-order valence-corrected chi connectivity index (χ4v) is 2.18. The summed E-state index contributed by atoms with van der Waals surface area (Å²) in [7, 11) is 1.65. The lowest BCUT2D eigenvalue weighted by atomic mass is 10.2. The van der Waals surface area contributed by atoms with Crippen LogP contribution in [0.15, 0.2) is 42.5 Å². The Morgan fingerprint density at radius 2 is 1.76 bits per heavy atom. The maximum Gasteiger partial charge on any atom is 0.138 e. The first-order valence-corrected chi connectivity index (χ1v) is 7.35. The van der Waals surface area contributed by atoms with E-state index < -0.39 is 0 Å². The minimum absolute atomic E-state index is 0.482. The van der Waals surface area contributed by atoms with E-state index in [-0.39, 0.29) is 0 Å². The first kappa shape index (κ1) is 15.7. The molecule has 0 fully saturated rings. The minimum Gasteiger partial charge on any atom is -0.497 e. The first-order chi connectivity index (χ1) is 10.2. The van der Waals surface area contributed by atoms with Crippen molar-refractivity contribution in [2.24, 2.45) is 0 Å². The second-order valence-electron chi connectivity index (χ2n) is 4.68. The Bertz CT molecular complexity index is 570. The summed E-state index contributed by atoms with van der Waals surface area (Å²) >= 11 is 6.25. The van der Waals surface area contributed by atoms with E-state index in [0.29, 0.717) is 17.4 Å². The molecule has 4 heteroatoms. The molecule has 0 amide bonds. The quantitative estimate of drug-likeness (QED) is 0.837. The lowest BCUT2D eigenvalue weighted by molar-refractivity contribution is 0.306. The van der Waals surface area contributed by atoms with Gasteiger partial charge in [-0.3, -0.25) is 0 Å². The standard InChI is InChI=1S/C17H20ClNO2/c1-3-19-11-14-6-9-17(16(18)10-14)21-12-13-4-7-15(20-2)8-5-13/h4-10,19H,3,11-12H2,1-2H3. The third kappa shape index (κ3) is 4.66. The van der Waals surface area contributed by atoms with Gasteiger partial charge in [-0.1, -0.05) is 36.7 Å². The van der Waals surface area contributed by atoms with Crippen molar-refractivity contribution >= 4 is 11.6 Å². The molecule has 0 aromatic heterocycles. The zero-order valence-corrected chi connectivity index (χ0v) is 13.1. The Morgan fingerprint density at radius 3 is 2.38 bits per heavy atom. The van der Waals surface area contributed by atoms with Crippen LogP contribution in [0.5, 0.6) is 11.5 Å². The molecule has 0 spiro atoms. The predicted molar refractivity (Wildman–Crippen MR) is 86.2 cm³/mol. The van der Waals surface area contributed by atoms with E-state index in [1.54, 1.807) is 7.11 Å². The molecule has 2 aromatic carbocycles. The minimum atomic E-state index is 0.482. The molecule has 112 valence electrons. The first-order valence-electron chi connectivity index (χ1n) is 6.97. The van der Waals surface area contributed by atoms with Gasteiger partial charge in [0.25, 0.3) is 0 Å². The molecule has 2 rings (SSSR count). The van der Waals surface area contributed by atoms with Crippen molar-refractivity contribution in [2.75, 3.05) is 13.7 Å². The topological polar surface area (TPSA) is 30.5 Å². The normalized spacial score (nSPS) is 10.4. The molecule has 21 heavy (non-hydrogen) atoms. The molecule has 0 radical (unpaired) electrons. The molecule has 0 bridgehead atoms. The Morgan fingerprint density at radius 1 is 1.05 bits per heavy atom. The number of halogens is 1. The SMILES string of the molecule is CCNCc1ccc(OCc2ccc(OC)cc2)c(Cl)c1. The van der Waals surface area contributed by atoms with Crippen molar-refractivity contribution < 1.29 is 9.47 Å². The number of rotatable bonds is 7. The van der Waals surface area contributed by atoms with Crippen molar-refractivity contribution in [3.05, 3.63) is 58.6 Å². The maximum absolute atomic E-state index is 6.25. The summed E-state index contributed by atoms with van der Waals surface area (Å²) in [6.45, 7) is 4.31. The van der Waals surface area contributed by atoms with Crippen LogP contribution in [0.25, 0.3) is 0 Å². The van der Waals surface area contributed by atoms with Gasteiger partial charge in [-0.05, 0) is 41.9 Å². The Labute approximate surface area is 130 Å². The average molecular weight is 306 g/mol. The molecule has 0 aliphatic carbocycles. The fourth-order valence-electron chi connectivity index (χ4n) is 1.92. The second-order valence-corrected chi connectivity index (χ2v) is 5.09. The van der Waals surface area contributed by atoms with E-state index in [4.69, 9.17) is 21.1 Å². The molecule has 0 atom stereocenters. The highest BCUT2D eigenvalue weighted by molar-refractivity contribution is 6.32. The van der Waals surface area contributed by atoms with Crippen LogP contribution in [0, 0.1) is 0 Å². The number of hydrogen-bond acceptors (Lipinski definition) is 3. The lowest BCUT2D eigenvalue weighted by Crippen LogP contribution is -2.11. The summed E-state index contributed by atoms with van der Waals surface area (Å²) in [5, 5.41) is 3.91. The van der Waals surface area contributed by atoms with Crippen molar-refractivity contribution in [3.8, 4) is 11.5 Å². The number of methoxy groups -OCH3 is 1. The van der Waals surface area contributed by atoms with Crippen LogP contribution in [0.3, 0.4) is 0 Å². The van der Waals surface area contributed by atoms with Gasteiger partial charge in [-0.2, -0.15) is 0 Å². The monoisotopic (exact) mass is 305 g/mol. The van der Waals surface area contributed by atoms with Crippen LogP contribution in [0.4, 0.5) is 0 Å². The van der Waals surface area contributed by atoms with Crippen LogP contribution in [-0.2, 0) is 13.2 Å². The maximum atomic E-state index is 6.25. The molecular formula is C17H20ClNO2. The van der Waals surface area contributed by atoms with Gasteiger partial charge in [0.2, 0.25) is 0 Å².